The quantitative estimate of drug-likeness (QED) is 0.695. The van der Waals surface area contributed by atoms with Gasteiger partial charge in [-0.25, -0.2) is 0 Å². The number of nitrogens with one attached hydrogen (secondary N) is 1. The lowest BCUT2D eigenvalue weighted by Gasteiger charge is -2.32. The summed E-state index contributed by atoms with van der Waals surface area (Å²) in [5.41, 5.74) is 0.940. The van der Waals surface area contributed by atoms with Crippen molar-refractivity contribution in [3.63, 3.8) is 0 Å². The van der Waals surface area contributed by atoms with E-state index in [2.05, 4.69) is 20.1 Å². The van der Waals surface area contributed by atoms with E-state index in [1.165, 1.54) is 0 Å². The second kappa shape index (κ2) is 10.1. The summed E-state index contributed by atoms with van der Waals surface area (Å²) in [6.45, 7) is 8.39. The molecule has 2 aliphatic rings. The van der Waals surface area contributed by atoms with Crippen LogP contribution >= 0.6 is 12.2 Å². The minimum atomic E-state index is 0.0271. The summed E-state index contributed by atoms with van der Waals surface area (Å²) in [6, 6.07) is 3.84. The van der Waals surface area contributed by atoms with E-state index in [4.69, 9.17) is 26.4 Å². The van der Waals surface area contributed by atoms with Crippen molar-refractivity contribution in [3.8, 4) is 5.75 Å². The minimum absolute atomic E-state index is 0.0271. The molecule has 1 aromatic heterocycles. The van der Waals surface area contributed by atoms with Crippen LogP contribution in [-0.2, 0) is 9.47 Å². The number of pyridine rings is 1. The molecule has 1 N–H and O–H groups in total. The van der Waals surface area contributed by atoms with Crippen LogP contribution in [0, 0.1) is 0 Å². The molecule has 1 unspecified atom stereocenters. The highest BCUT2D eigenvalue weighted by molar-refractivity contribution is 7.80. The fraction of sp³-hybridized carbons (Fsp3) is 0.667. The highest BCUT2D eigenvalue weighted by Crippen LogP contribution is 2.21. The lowest BCUT2D eigenvalue weighted by Crippen LogP contribution is -2.46. The molecule has 0 bridgehead atoms. The van der Waals surface area contributed by atoms with Crippen molar-refractivity contribution >= 4 is 17.2 Å². The number of rotatable bonds is 7. The summed E-state index contributed by atoms with van der Waals surface area (Å²) in [7, 11) is 1.67. The monoisotopic (exact) mass is 380 g/mol. The number of hydrogen-bond acceptors (Lipinski definition) is 7. The molecule has 3 rings (SSSR count). The van der Waals surface area contributed by atoms with Crippen molar-refractivity contribution in [2.24, 2.45) is 0 Å². The van der Waals surface area contributed by atoms with E-state index >= 15 is 0 Å². The van der Waals surface area contributed by atoms with Crippen molar-refractivity contribution in [3.05, 3.63) is 24.0 Å². The molecule has 0 radical (unpaired) electrons. The van der Waals surface area contributed by atoms with Gasteiger partial charge in [0, 0.05) is 45.0 Å². The van der Waals surface area contributed by atoms with Crippen molar-refractivity contribution < 1.29 is 14.2 Å². The number of hydrogen-bond donors (Lipinski definition) is 1. The molecule has 26 heavy (non-hydrogen) atoms. The molecule has 0 saturated carbocycles. The summed E-state index contributed by atoms with van der Waals surface area (Å²) in [5, 5.41) is 3.44. The van der Waals surface area contributed by atoms with Crippen molar-refractivity contribution in [2.75, 3.05) is 72.9 Å². The number of aromatic nitrogens is 1. The van der Waals surface area contributed by atoms with Crippen LogP contribution in [0.3, 0.4) is 0 Å². The normalized spacial score (nSPS) is 20.5. The number of ether oxygens (including phenoxy) is 3. The van der Waals surface area contributed by atoms with E-state index in [-0.39, 0.29) is 5.92 Å². The Balaban J connectivity index is 1.66. The molecular formula is C18H28N4O3S. The SMILES string of the molecule is COc1ccnc(C(CN2CCOCC2)C(=S)NCN2CCOCC2)c1. The maximum Gasteiger partial charge on any atom is 0.122 e. The Hall–Kier alpha value is -1.32. The number of nitrogens with zero attached hydrogens (tertiary/aromatic N) is 3. The lowest BCUT2D eigenvalue weighted by molar-refractivity contribution is 0.0352. The minimum Gasteiger partial charge on any atom is -0.497 e. The zero-order valence-corrected chi connectivity index (χ0v) is 16.2. The molecule has 0 aromatic carbocycles. The highest BCUT2D eigenvalue weighted by Gasteiger charge is 2.24. The van der Waals surface area contributed by atoms with Gasteiger partial charge in [0.2, 0.25) is 0 Å². The molecule has 0 spiro atoms. The van der Waals surface area contributed by atoms with Crippen LogP contribution in [-0.4, -0.2) is 92.7 Å². The third-order valence-corrected chi connectivity index (χ3v) is 5.22. The number of thiocarbonyl (C=S) groups is 1. The van der Waals surface area contributed by atoms with Crippen LogP contribution in [0.2, 0.25) is 0 Å². The molecule has 0 amide bonds. The van der Waals surface area contributed by atoms with Gasteiger partial charge in [-0.1, -0.05) is 12.2 Å². The first kappa shape index (κ1) is 19.4. The Morgan fingerprint density at radius 2 is 1.85 bits per heavy atom. The first-order valence-corrected chi connectivity index (χ1v) is 9.55. The molecule has 1 aromatic rings. The fourth-order valence-corrected chi connectivity index (χ4v) is 3.43. The second-order valence-corrected chi connectivity index (χ2v) is 6.96. The Labute approximate surface area is 160 Å². The van der Waals surface area contributed by atoms with E-state index in [1.807, 2.05) is 12.1 Å². The van der Waals surface area contributed by atoms with Crippen LogP contribution in [0.25, 0.3) is 0 Å². The van der Waals surface area contributed by atoms with Crippen LogP contribution in [0.15, 0.2) is 18.3 Å². The summed E-state index contributed by atoms with van der Waals surface area (Å²) in [4.78, 5) is 10.1. The summed E-state index contributed by atoms with van der Waals surface area (Å²) in [5.74, 6) is 0.831. The molecule has 144 valence electrons. The standard InChI is InChI=1S/C18H28N4O3S/c1-23-15-2-3-19-17(12-15)16(13-21-4-8-24-9-5-21)18(26)20-14-22-6-10-25-11-7-22/h2-3,12,16H,4-11,13-14H2,1H3,(H,20,26). The Bertz CT molecular complexity index is 577. The first-order chi connectivity index (χ1) is 12.8. The molecular weight excluding hydrogens is 352 g/mol. The second-order valence-electron chi connectivity index (χ2n) is 6.52. The predicted molar refractivity (Wildman–Crippen MR) is 104 cm³/mol. The maximum atomic E-state index is 5.77. The molecule has 1 atom stereocenters. The Morgan fingerprint density at radius 1 is 1.19 bits per heavy atom. The average molecular weight is 381 g/mol. The fourth-order valence-electron chi connectivity index (χ4n) is 3.17. The van der Waals surface area contributed by atoms with Crippen molar-refractivity contribution in [1.82, 2.24) is 20.1 Å². The Morgan fingerprint density at radius 3 is 2.50 bits per heavy atom. The molecule has 2 aliphatic heterocycles. The molecule has 7 nitrogen and oxygen atoms in total. The average Bonchev–Trinajstić information content (AvgIpc) is 2.72. The number of methoxy groups -OCH3 is 1. The van der Waals surface area contributed by atoms with Crippen molar-refractivity contribution in [2.45, 2.75) is 5.92 Å². The maximum absolute atomic E-state index is 5.77. The summed E-state index contributed by atoms with van der Waals surface area (Å²) >= 11 is 5.77. The highest BCUT2D eigenvalue weighted by atomic mass is 32.1. The third kappa shape index (κ3) is 5.59. The van der Waals surface area contributed by atoms with Gasteiger partial charge in [0.1, 0.15) is 5.75 Å². The molecule has 2 fully saturated rings. The van der Waals surface area contributed by atoms with E-state index < -0.39 is 0 Å². The van der Waals surface area contributed by atoms with Gasteiger partial charge in [-0.05, 0) is 6.07 Å². The first-order valence-electron chi connectivity index (χ1n) is 9.14. The lowest BCUT2D eigenvalue weighted by atomic mass is 10.0. The van der Waals surface area contributed by atoms with Gasteiger partial charge in [-0.2, -0.15) is 0 Å². The van der Waals surface area contributed by atoms with Crippen LogP contribution in [0.5, 0.6) is 5.75 Å². The summed E-state index contributed by atoms with van der Waals surface area (Å²) < 4.78 is 16.2. The Kier molecular flexibility index (Phi) is 7.57. The van der Waals surface area contributed by atoms with Gasteiger partial charge in [-0.15, -0.1) is 0 Å². The molecule has 2 saturated heterocycles. The summed E-state index contributed by atoms with van der Waals surface area (Å²) in [6.07, 6.45) is 1.78. The number of morpholine rings is 2. The van der Waals surface area contributed by atoms with E-state index in [0.29, 0.717) is 0 Å². The van der Waals surface area contributed by atoms with Crippen LogP contribution in [0.4, 0.5) is 0 Å². The van der Waals surface area contributed by atoms with E-state index in [9.17, 15) is 0 Å². The molecule has 8 heteroatoms. The van der Waals surface area contributed by atoms with E-state index in [0.717, 1.165) is 82.3 Å². The van der Waals surface area contributed by atoms with Crippen LogP contribution < -0.4 is 10.1 Å². The molecule has 0 aliphatic carbocycles. The van der Waals surface area contributed by atoms with Gasteiger partial charge < -0.3 is 19.5 Å². The topological polar surface area (TPSA) is 59.1 Å². The largest absolute Gasteiger partial charge is 0.497 e. The third-order valence-electron chi connectivity index (χ3n) is 4.79. The zero-order chi connectivity index (χ0) is 18.2. The predicted octanol–water partition coefficient (Wildman–Crippen LogP) is 0.713. The van der Waals surface area contributed by atoms with Crippen LogP contribution in [0.1, 0.15) is 11.6 Å². The zero-order valence-electron chi connectivity index (χ0n) is 15.4. The van der Waals surface area contributed by atoms with Crippen molar-refractivity contribution in [1.29, 1.82) is 0 Å². The molecule has 3 heterocycles. The van der Waals surface area contributed by atoms with Gasteiger partial charge in [0.05, 0.1) is 56.8 Å². The van der Waals surface area contributed by atoms with Gasteiger partial charge in [0.25, 0.3) is 0 Å². The van der Waals surface area contributed by atoms with Gasteiger partial charge in [-0.3, -0.25) is 14.8 Å². The van der Waals surface area contributed by atoms with E-state index in [1.54, 1.807) is 13.3 Å². The smallest absolute Gasteiger partial charge is 0.122 e. The van der Waals surface area contributed by atoms with Gasteiger partial charge >= 0.3 is 0 Å². The van der Waals surface area contributed by atoms with Gasteiger partial charge in [0.15, 0.2) is 0 Å².